The Hall–Kier alpha value is -3.30. The largest absolute Gasteiger partial charge is 0.483 e. The van der Waals surface area contributed by atoms with Gasteiger partial charge in [0.25, 0.3) is 0 Å². The van der Waals surface area contributed by atoms with Crippen molar-refractivity contribution in [2.24, 2.45) is 0 Å². The number of benzene rings is 1. The van der Waals surface area contributed by atoms with Crippen LogP contribution in [0.15, 0.2) is 48.7 Å². The third-order valence-electron chi connectivity index (χ3n) is 4.25. The van der Waals surface area contributed by atoms with Gasteiger partial charge in [-0.05, 0) is 45.4 Å². The van der Waals surface area contributed by atoms with E-state index in [-0.39, 0.29) is 12.2 Å². The summed E-state index contributed by atoms with van der Waals surface area (Å²) in [6, 6.07) is 10.5. The number of hydrogen-bond donors (Lipinski definition) is 2. The molecular weight excluding hydrogens is 439 g/mol. The summed E-state index contributed by atoms with van der Waals surface area (Å²) in [6.45, 7) is 5.40. The maximum Gasteiger partial charge on any atom is 0.422 e. The molecule has 2 amide bonds. The number of amides is 2. The van der Waals surface area contributed by atoms with Crippen molar-refractivity contribution in [2.45, 2.75) is 58.0 Å². The maximum atomic E-state index is 13.0. The smallest absolute Gasteiger partial charge is 0.422 e. The summed E-state index contributed by atoms with van der Waals surface area (Å²) in [7, 11) is 0. The third kappa shape index (κ3) is 9.80. The second-order valence-corrected chi connectivity index (χ2v) is 8.44. The van der Waals surface area contributed by atoms with Crippen LogP contribution in [-0.4, -0.2) is 41.4 Å². The Balaban J connectivity index is 2.06. The molecule has 0 unspecified atom stereocenters. The van der Waals surface area contributed by atoms with Crippen LogP contribution in [0.2, 0.25) is 0 Å². The Kier molecular flexibility index (Phi) is 8.67. The van der Waals surface area contributed by atoms with Crippen molar-refractivity contribution in [1.82, 2.24) is 15.6 Å². The van der Waals surface area contributed by atoms with E-state index >= 15 is 0 Å². The van der Waals surface area contributed by atoms with Gasteiger partial charge in [-0.2, -0.15) is 13.2 Å². The lowest BCUT2D eigenvalue weighted by Crippen LogP contribution is -2.49. The minimum absolute atomic E-state index is 0.0388. The Bertz CT molecular complexity index is 913. The van der Waals surface area contributed by atoms with Gasteiger partial charge in [0.05, 0.1) is 17.9 Å². The molecule has 10 heteroatoms. The van der Waals surface area contributed by atoms with Crippen molar-refractivity contribution < 1.29 is 32.2 Å². The number of alkyl carbamates (subject to hydrolysis) is 1. The van der Waals surface area contributed by atoms with Crippen molar-refractivity contribution >= 4 is 12.0 Å². The number of rotatable bonds is 8. The molecule has 0 aliphatic carbocycles. The van der Waals surface area contributed by atoms with Gasteiger partial charge >= 0.3 is 12.3 Å². The van der Waals surface area contributed by atoms with Gasteiger partial charge in [0.15, 0.2) is 6.61 Å². The standard InChI is InChI=1S/C23H28F3N3O4/c1-15(18-11-10-17(13-27-18)32-14-23(24,25)26)28-20(30)19(12-16-8-6-5-7-9-16)29-21(31)33-22(2,3)4/h5-11,13,15,19H,12,14H2,1-4H3,(H,28,30)(H,29,31)/t15-,19+/m1/s1. The van der Waals surface area contributed by atoms with Crippen molar-refractivity contribution in [3.8, 4) is 5.75 Å². The van der Waals surface area contributed by atoms with Gasteiger partial charge in [0.1, 0.15) is 17.4 Å². The molecule has 1 heterocycles. The molecular formula is C23H28F3N3O4. The SMILES string of the molecule is C[C@@H](NC(=O)[C@H](Cc1ccccc1)NC(=O)OC(C)(C)C)c1ccc(OCC(F)(F)F)cn1. The molecule has 1 aromatic carbocycles. The fraction of sp³-hybridized carbons (Fsp3) is 0.435. The lowest BCUT2D eigenvalue weighted by Gasteiger charge is -2.24. The van der Waals surface area contributed by atoms with Crippen LogP contribution in [-0.2, 0) is 16.0 Å². The number of nitrogens with one attached hydrogen (secondary N) is 2. The van der Waals surface area contributed by atoms with E-state index in [0.717, 1.165) is 11.8 Å². The van der Waals surface area contributed by atoms with Crippen LogP contribution < -0.4 is 15.4 Å². The second-order valence-electron chi connectivity index (χ2n) is 8.44. The van der Waals surface area contributed by atoms with Gasteiger partial charge in [0, 0.05) is 6.42 Å². The number of halogens is 3. The first-order chi connectivity index (χ1) is 15.3. The molecule has 0 aliphatic heterocycles. The Morgan fingerprint density at radius 2 is 1.70 bits per heavy atom. The summed E-state index contributed by atoms with van der Waals surface area (Å²) in [6.07, 6.45) is -3.79. The van der Waals surface area contributed by atoms with Gasteiger partial charge in [-0.25, -0.2) is 4.79 Å². The molecule has 0 saturated heterocycles. The molecule has 2 N–H and O–H groups in total. The number of nitrogens with zero attached hydrogens (tertiary/aromatic N) is 1. The van der Waals surface area contributed by atoms with E-state index < -0.39 is 42.5 Å². The van der Waals surface area contributed by atoms with Crippen LogP contribution in [0.1, 0.15) is 45.0 Å². The summed E-state index contributed by atoms with van der Waals surface area (Å²) in [5, 5.41) is 5.37. The number of pyridine rings is 1. The van der Waals surface area contributed by atoms with Crippen LogP contribution >= 0.6 is 0 Å². The molecule has 1 aromatic heterocycles. The van der Waals surface area contributed by atoms with Crippen LogP contribution in [0, 0.1) is 0 Å². The van der Waals surface area contributed by atoms with E-state index in [4.69, 9.17) is 4.74 Å². The van der Waals surface area contributed by atoms with Crippen LogP contribution in [0.5, 0.6) is 5.75 Å². The number of alkyl halides is 3. The first kappa shape index (κ1) is 26.0. The van der Waals surface area contributed by atoms with Gasteiger partial charge in [-0.3, -0.25) is 9.78 Å². The second kappa shape index (κ2) is 11.0. The normalized spacial score (nSPS) is 13.5. The molecule has 0 spiro atoms. The quantitative estimate of drug-likeness (QED) is 0.603. The van der Waals surface area contributed by atoms with Crippen molar-refractivity contribution in [1.29, 1.82) is 0 Å². The molecule has 2 atom stereocenters. The highest BCUT2D eigenvalue weighted by atomic mass is 19.4. The summed E-state index contributed by atoms with van der Waals surface area (Å²) in [5.74, 6) is -0.500. The highest BCUT2D eigenvalue weighted by molar-refractivity contribution is 5.86. The Labute approximate surface area is 190 Å². The predicted molar refractivity (Wildman–Crippen MR) is 116 cm³/mol. The van der Waals surface area contributed by atoms with E-state index in [2.05, 4.69) is 20.4 Å². The molecule has 0 radical (unpaired) electrons. The van der Waals surface area contributed by atoms with E-state index in [1.54, 1.807) is 27.7 Å². The van der Waals surface area contributed by atoms with Gasteiger partial charge in [-0.1, -0.05) is 30.3 Å². The first-order valence-electron chi connectivity index (χ1n) is 10.3. The number of ether oxygens (including phenoxy) is 2. The Morgan fingerprint density at radius 1 is 1.03 bits per heavy atom. The number of carbonyl (C=O) groups excluding carboxylic acids is 2. The summed E-state index contributed by atoms with van der Waals surface area (Å²) < 4.78 is 46.7. The number of hydrogen-bond acceptors (Lipinski definition) is 5. The van der Waals surface area contributed by atoms with Gasteiger partial charge in [-0.15, -0.1) is 0 Å². The zero-order valence-electron chi connectivity index (χ0n) is 18.9. The molecule has 0 bridgehead atoms. The summed E-state index contributed by atoms with van der Waals surface area (Å²) >= 11 is 0. The van der Waals surface area contributed by atoms with E-state index in [1.807, 2.05) is 30.3 Å². The van der Waals surface area contributed by atoms with E-state index in [1.165, 1.54) is 12.1 Å². The average Bonchev–Trinajstić information content (AvgIpc) is 2.71. The van der Waals surface area contributed by atoms with Crippen LogP contribution in [0.25, 0.3) is 0 Å². The van der Waals surface area contributed by atoms with Crippen molar-refractivity contribution in [3.05, 3.63) is 59.9 Å². The van der Waals surface area contributed by atoms with Crippen LogP contribution in [0.3, 0.4) is 0 Å². The van der Waals surface area contributed by atoms with E-state index in [0.29, 0.717) is 5.69 Å². The first-order valence-corrected chi connectivity index (χ1v) is 10.3. The van der Waals surface area contributed by atoms with Gasteiger partial charge < -0.3 is 20.1 Å². The third-order valence-corrected chi connectivity index (χ3v) is 4.25. The minimum Gasteiger partial charge on any atom is -0.483 e. The fourth-order valence-corrected chi connectivity index (χ4v) is 2.80. The molecule has 33 heavy (non-hydrogen) atoms. The number of aromatic nitrogens is 1. The summed E-state index contributed by atoms with van der Waals surface area (Å²) in [5.41, 5.74) is 0.523. The Morgan fingerprint density at radius 3 is 2.24 bits per heavy atom. The number of carbonyl (C=O) groups is 2. The topological polar surface area (TPSA) is 89.6 Å². The molecule has 7 nitrogen and oxygen atoms in total. The fourth-order valence-electron chi connectivity index (χ4n) is 2.80. The highest BCUT2D eigenvalue weighted by Gasteiger charge is 2.29. The zero-order valence-corrected chi connectivity index (χ0v) is 18.9. The predicted octanol–water partition coefficient (Wildman–Crippen LogP) is 4.34. The molecule has 0 fully saturated rings. The molecule has 2 aromatic rings. The minimum atomic E-state index is -4.45. The summed E-state index contributed by atoms with van der Waals surface area (Å²) in [4.78, 5) is 29.3. The average molecular weight is 467 g/mol. The maximum absolute atomic E-state index is 13.0. The van der Waals surface area contributed by atoms with Crippen molar-refractivity contribution in [2.75, 3.05) is 6.61 Å². The van der Waals surface area contributed by atoms with Crippen molar-refractivity contribution in [3.63, 3.8) is 0 Å². The zero-order chi connectivity index (χ0) is 24.6. The lowest BCUT2D eigenvalue weighted by molar-refractivity contribution is -0.153. The highest BCUT2D eigenvalue weighted by Crippen LogP contribution is 2.19. The molecule has 0 saturated carbocycles. The monoisotopic (exact) mass is 467 g/mol. The van der Waals surface area contributed by atoms with E-state index in [9.17, 15) is 22.8 Å². The van der Waals surface area contributed by atoms with Gasteiger partial charge in [0.2, 0.25) is 5.91 Å². The van der Waals surface area contributed by atoms with Crippen LogP contribution in [0.4, 0.5) is 18.0 Å². The molecule has 0 aliphatic rings. The molecule has 180 valence electrons. The lowest BCUT2D eigenvalue weighted by atomic mass is 10.0. The molecule has 2 rings (SSSR count).